The van der Waals surface area contributed by atoms with Crippen LogP contribution in [0.2, 0.25) is 15.1 Å². The van der Waals surface area contributed by atoms with Crippen molar-refractivity contribution in [1.82, 2.24) is 4.98 Å². The maximum atomic E-state index is 11.0. The molecule has 0 saturated carbocycles. The average molecular weight is 386 g/mol. The number of halogens is 3. The zero-order valence-corrected chi connectivity index (χ0v) is 14.4. The summed E-state index contributed by atoms with van der Waals surface area (Å²) >= 11 is 19.3. The van der Waals surface area contributed by atoms with E-state index in [0.717, 1.165) is 5.56 Å². The van der Waals surface area contributed by atoms with E-state index >= 15 is 0 Å². The number of nitro benzene ring substituents is 1. The Balaban J connectivity index is 2.02. The predicted molar refractivity (Wildman–Crippen MR) is 94.7 cm³/mol. The van der Waals surface area contributed by atoms with E-state index in [1.54, 1.807) is 24.3 Å². The van der Waals surface area contributed by atoms with E-state index in [1.165, 1.54) is 23.5 Å². The summed E-state index contributed by atoms with van der Waals surface area (Å²) in [6.45, 7) is 0. The summed E-state index contributed by atoms with van der Waals surface area (Å²) in [5.74, 6) is 0. The average Bonchev–Trinajstić information content (AvgIpc) is 2.97. The van der Waals surface area contributed by atoms with Crippen molar-refractivity contribution in [1.29, 1.82) is 0 Å². The molecule has 8 heteroatoms. The van der Waals surface area contributed by atoms with Gasteiger partial charge in [-0.3, -0.25) is 10.1 Å². The fraction of sp³-hybridized carbons (Fsp3) is 0. The molecular weight excluding hydrogens is 379 g/mol. The van der Waals surface area contributed by atoms with E-state index in [2.05, 4.69) is 4.98 Å². The number of hydrogen-bond acceptors (Lipinski definition) is 4. The third kappa shape index (κ3) is 3.33. The number of nitro groups is 1. The molecule has 0 amide bonds. The van der Waals surface area contributed by atoms with Crippen LogP contribution in [0.5, 0.6) is 0 Å². The third-order valence-corrected chi connectivity index (χ3v) is 4.85. The number of aromatic nitrogens is 1. The van der Waals surface area contributed by atoms with Gasteiger partial charge in [-0.05, 0) is 24.3 Å². The van der Waals surface area contributed by atoms with Crippen LogP contribution in [0.4, 0.5) is 5.69 Å². The molecule has 1 heterocycles. The van der Waals surface area contributed by atoms with Crippen LogP contribution in [-0.4, -0.2) is 9.91 Å². The summed E-state index contributed by atoms with van der Waals surface area (Å²) in [5, 5.41) is 14.6. The predicted octanol–water partition coefficient (Wildman–Crippen LogP) is 6.35. The second-order valence-electron chi connectivity index (χ2n) is 4.59. The molecule has 3 aromatic rings. The first-order chi connectivity index (χ1) is 11.0. The highest BCUT2D eigenvalue weighted by Crippen LogP contribution is 2.36. The van der Waals surface area contributed by atoms with Crippen LogP contribution in [-0.2, 0) is 0 Å². The topological polar surface area (TPSA) is 56.0 Å². The molecule has 0 saturated heterocycles. The lowest BCUT2D eigenvalue weighted by atomic mass is 10.1. The molecule has 4 nitrogen and oxygen atoms in total. The van der Waals surface area contributed by atoms with Gasteiger partial charge in [-0.15, -0.1) is 11.3 Å². The van der Waals surface area contributed by atoms with Crippen LogP contribution in [0.15, 0.2) is 41.8 Å². The van der Waals surface area contributed by atoms with Gasteiger partial charge in [0.05, 0.1) is 15.6 Å². The van der Waals surface area contributed by atoms with E-state index in [-0.39, 0.29) is 10.7 Å². The monoisotopic (exact) mass is 384 g/mol. The Morgan fingerprint density at radius 1 is 1.04 bits per heavy atom. The van der Waals surface area contributed by atoms with E-state index in [1.807, 2.05) is 5.38 Å². The molecule has 3 rings (SSSR count). The van der Waals surface area contributed by atoms with Gasteiger partial charge in [-0.25, -0.2) is 4.98 Å². The Morgan fingerprint density at radius 2 is 1.83 bits per heavy atom. The number of hydrogen-bond donors (Lipinski definition) is 0. The lowest BCUT2D eigenvalue weighted by molar-refractivity contribution is -0.384. The Labute approximate surface area is 150 Å². The molecule has 0 spiro atoms. The van der Waals surface area contributed by atoms with Crippen molar-refractivity contribution in [3.05, 3.63) is 67.0 Å². The van der Waals surface area contributed by atoms with E-state index < -0.39 is 4.92 Å². The summed E-state index contributed by atoms with van der Waals surface area (Å²) in [5.41, 5.74) is 1.85. The summed E-state index contributed by atoms with van der Waals surface area (Å²) in [6, 6.07) is 9.76. The summed E-state index contributed by atoms with van der Waals surface area (Å²) in [4.78, 5) is 15.0. The molecule has 1 aromatic heterocycles. The Morgan fingerprint density at radius 3 is 2.52 bits per heavy atom. The first-order valence-electron chi connectivity index (χ1n) is 6.31. The Kier molecular flexibility index (Phi) is 4.55. The minimum absolute atomic E-state index is 0.0925. The maximum Gasteiger partial charge on any atom is 0.288 e. The zero-order valence-electron chi connectivity index (χ0n) is 11.3. The van der Waals surface area contributed by atoms with Gasteiger partial charge >= 0.3 is 0 Å². The van der Waals surface area contributed by atoms with Gasteiger partial charge in [-0.1, -0.05) is 40.9 Å². The standard InChI is InChI=1S/C15H7Cl3N2O2S/c16-9-2-3-10(12(18)6-9)15-19-13(7-23-15)8-1-4-11(17)14(5-8)20(21)22/h1-7H. The minimum Gasteiger partial charge on any atom is -0.258 e. The van der Waals surface area contributed by atoms with Gasteiger partial charge in [0, 0.05) is 27.6 Å². The molecule has 0 N–H and O–H groups in total. The first kappa shape index (κ1) is 16.2. The Hall–Kier alpha value is -1.66. The number of thiazole rings is 1. The fourth-order valence-corrected chi connectivity index (χ4v) is 3.61. The van der Waals surface area contributed by atoms with E-state index in [4.69, 9.17) is 34.8 Å². The van der Waals surface area contributed by atoms with Crippen molar-refractivity contribution in [3.8, 4) is 21.8 Å². The number of benzene rings is 2. The summed E-state index contributed by atoms with van der Waals surface area (Å²) in [6.07, 6.45) is 0. The molecule has 0 bridgehead atoms. The van der Waals surface area contributed by atoms with Crippen molar-refractivity contribution in [2.24, 2.45) is 0 Å². The van der Waals surface area contributed by atoms with Crippen molar-refractivity contribution < 1.29 is 4.92 Å². The lowest BCUT2D eigenvalue weighted by Gasteiger charge is -2.01. The molecule has 23 heavy (non-hydrogen) atoms. The highest BCUT2D eigenvalue weighted by atomic mass is 35.5. The second kappa shape index (κ2) is 6.45. The van der Waals surface area contributed by atoms with Gasteiger partial charge in [0.1, 0.15) is 10.0 Å². The third-order valence-electron chi connectivity index (χ3n) is 3.10. The van der Waals surface area contributed by atoms with Crippen LogP contribution in [0, 0.1) is 10.1 Å². The molecule has 0 unspecified atom stereocenters. The molecule has 0 atom stereocenters. The summed E-state index contributed by atoms with van der Waals surface area (Å²) < 4.78 is 0. The molecule has 0 radical (unpaired) electrons. The molecule has 116 valence electrons. The van der Waals surface area contributed by atoms with Crippen LogP contribution in [0.1, 0.15) is 0 Å². The highest BCUT2D eigenvalue weighted by molar-refractivity contribution is 7.13. The molecule has 0 aliphatic rings. The van der Waals surface area contributed by atoms with Gasteiger partial charge in [0.2, 0.25) is 0 Å². The quantitative estimate of drug-likeness (QED) is 0.390. The van der Waals surface area contributed by atoms with Crippen molar-refractivity contribution in [2.75, 3.05) is 0 Å². The smallest absolute Gasteiger partial charge is 0.258 e. The molecule has 0 aliphatic heterocycles. The van der Waals surface area contributed by atoms with Crippen molar-refractivity contribution in [2.45, 2.75) is 0 Å². The van der Waals surface area contributed by atoms with E-state index in [9.17, 15) is 10.1 Å². The fourth-order valence-electron chi connectivity index (χ4n) is 2.00. The first-order valence-corrected chi connectivity index (χ1v) is 8.32. The van der Waals surface area contributed by atoms with Crippen LogP contribution in [0.25, 0.3) is 21.8 Å². The van der Waals surface area contributed by atoms with Crippen LogP contribution < -0.4 is 0 Å². The lowest BCUT2D eigenvalue weighted by Crippen LogP contribution is -1.90. The maximum absolute atomic E-state index is 11.0. The van der Waals surface area contributed by atoms with Gasteiger partial charge in [0.15, 0.2) is 0 Å². The van der Waals surface area contributed by atoms with Gasteiger partial charge in [-0.2, -0.15) is 0 Å². The molecular formula is C15H7Cl3N2O2S. The van der Waals surface area contributed by atoms with Crippen molar-refractivity contribution in [3.63, 3.8) is 0 Å². The zero-order chi connectivity index (χ0) is 16.6. The second-order valence-corrected chi connectivity index (χ2v) is 6.69. The SMILES string of the molecule is O=[N+]([O-])c1cc(-c2csc(-c3ccc(Cl)cc3Cl)n2)ccc1Cl. The largest absolute Gasteiger partial charge is 0.288 e. The molecule has 2 aromatic carbocycles. The Bertz CT molecular complexity index is 911. The normalized spacial score (nSPS) is 10.7. The van der Waals surface area contributed by atoms with Gasteiger partial charge in [0.25, 0.3) is 5.69 Å². The summed E-state index contributed by atoms with van der Waals surface area (Å²) in [7, 11) is 0. The minimum atomic E-state index is -0.519. The van der Waals surface area contributed by atoms with Gasteiger partial charge < -0.3 is 0 Å². The van der Waals surface area contributed by atoms with Crippen LogP contribution >= 0.6 is 46.1 Å². The van der Waals surface area contributed by atoms with Crippen LogP contribution in [0.3, 0.4) is 0 Å². The molecule has 0 fully saturated rings. The van der Waals surface area contributed by atoms with Crippen molar-refractivity contribution >= 4 is 51.8 Å². The highest BCUT2D eigenvalue weighted by Gasteiger charge is 2.16. The van der Waals surface area contributed by atoms with E-state index in [0.29, 0.717) is 26.3 Å². The molecule has 0 aliphatic carbocycles. The number of nitrogens with zero attached hydrogens (tertiary/aromatic N) is 2. The number of rotatable bonds is 3.